The number of rotatable bonds is 11. The van der Waals surface area contributed by atoms with Gasteiger partial charge in [-0.3, -0.25) is 9.10 Å². The summed E-state index contributed by atoms with van der Waals surface area (Å²) < 4.78 is 42.0. The van der Waals surface area contributed by atoms with Crippen LogP contribution >= 0.6 is 0 Å². The van der Waals surface area contributed by atoms with Crippen LogP contribution in [0.4, 0.5) is 5.69 Å². The van der Waals surface area contributed by atoms with E-state index >= 15 is 0 Å². The fraction of sp³-hybridized carbons (Fsp3) is 0.381. The molecule has 0 heterocycles. The number of hydrogen-bond donors (Lipinski definition) is 1. The first-order valence-corrected chi connectivity index (χ1v) is 11.3. The monoisotopic (exact) mass is 436 g/mol. The van der Waals surface area contributed by atoms with Crippen molar-refractivity contribution in [2.24, 2.45) is 0 Å². The van der Waals surface area contributed by atoms with E-state index in [1.54, 1.807) is 69.5 Å². The molecule has 30 heavy (non-hydrogen) atoms. The van der Waals surface area contributed by atoms with Gasteiger partial charge in [0.15, 0.2) is 0 Å². The zero-order valence-electron chi connectivity index (χ0n) is 17.6. The molecule has 0 unspecified atom stereocenters. The van der Waals surface area contributed by atoms with Crippen LogP contribution in [-0.4, -0.2) is 53.5 Å². The molecule has 1 atom stereocenters. The van der Waals surface area contributed by atoms with Gasteiger partial charge >= 0.3 is 0 Å². The minimum Gasteiger partial charge on any atom is -0.497 e. The molecule has 0 aromatic heterocycles. The van der Waals surface area contributed by atoms with Crippen molar-refractivity contribution in [3.8, 4) is 17.2 Å². The number of hydrogen-bond acceptors (Lipinski definition) is 6. The topological polar surface area (TPSA) is 94.2 Å². The highest BCUT2D eigenvalue weighted by molar-refractivity contribution is 7.92. The minimum atomic E-state index is -3.70. The van der Waals surface area contributed by atoms with Crippen LogP contribution in [-0.2, 0) is 14.8 Å². The zero-order chi connectivity index (χ0) is 22.1. The third-order valence-corrected chi connectivity index (χ3v) is 5.21. The summed E-state index contributed by atoms with van der Waals surface area (Å²) in [5.41, 5.74) is 0.319. The third kappa shape index (κ3) is 6.84. The molecule has 0 spiro atoms. The Morgan fingerprint density at radius 3 is 2.30 bits per heavy atom. The molecular formula is C21H28N2O6S. The predicted octanol–water partition coefficient (Wildman–Crippen LogP) is 2.44. The van der Waals surface area contributed by atoms with Gasteiger partial charge in [0.1, 0.15) is 30.4 Å². The minimum absolute atomic E-state index is 0.229. The number of nitrogens with zero attached hydrogens (tertiary/aromatic N) is 1. The lowest BCUT2D eigenvalue weighted by Gasteiger charge is -2.25. The first kappa shape index (κ1) is 23.3. The second kappa shape index (κ2) is 10.7. The number of ether oxygens (including phenoxy) is 3. The van der Waals surface area contributed by atoms with Gasteiger partial charge in [-0.1, -0.05) is 12.1 Å². The molecule has 0 radical (unpaired) electrons. The summed E-state index contributed by atoms with van der Waals surface area (Å²) in [6.45, 7) is 3.82. The van der Waals surface area contributed by atoms with E-state index in [9.17, 15) is 13.2 Å². The molecular weight excluding hydrogens is 408 g/mol. The van der Waals surface area contributed by atoms with Crippen molar-refractivity contribution in [1.82, 2.24) is 5.32 Å². The van der Waals surface area contributed by atoms with Crippen LogP contribution in [0, 0.1) is 0 Å². The van der Waals surface area contributed by atoms with Crippen LogP contribution < -0.4 is 23.8 Å². The summed E-state index contributed by atoms with van der Waals surface area (Å²) in [6.07, 6.45) is 1.05. The van der Waals surface area contributed by atoms with E-state index < -0.39 is 15.9 Å². The maximum atomic E-state index is 12.5. The van der Waals surface area contributed by atoms with E-state index in [1.807, 2.05) is 0 Å². The molecule has 1 N–H and O–H groups in total. The summed E-state index contributed by atoms with van der Waals surface area (Å²) in [7, 11) is -2.12. The van der Waals surface area contributed by atoms with Crippen LogP contribution in [0.15, 0.2) is 48.5 Å². The second-order valence-electron chi connectivity index (χ2n) is 6.63. The summed E-state index contributed by atoms with van der Waals surface area (Å²) in [6, 6.07) is 13.5. The van der Waals surface area contributed by atoms with E-state index in [1.165, 1.54) is 0 Å². The first-order chi connectivity index (χ1) is 14.2. The Bertz CT molecular complexity index is 931. The molecule has 1 amide bonds. The standard InChI is InChI=1S/C21H28N2O6S/c1-5-28-20-9-7-6-8-19(20)23(30(4,25)26)14-21(24)22-16(2)15-29-18-12-10-17(27-3)11-13-18/h6-13,16H,5,14-15H2,1-4H3,(H,22,24)/t16-/m1/s1. The Morgan fingerprint density at radius 1 is 1.07 bits per heavy atom. The summed E-state index contributed by atoms with van der Waals surface area (Å²) in [5, 5.41) is 2.76. The molecule has 0 aliphatic heterocycles. The van der Waals surface area contributed by atoms with Crippen LogP contribution in [0.5, 0.6) is 17.2 Å². The highest BCUT2D eigenvalue weighted by atomic mass is 32.2. The average molecular weight is 437 g/mol. The number of anilines is 1. The van der Waals surface area contributed by atoms with Gasteiger partial charge in [0.2, 0.25) is 15.9 Å². The van der Waals surface area contributed by atoms with Crippen LogP contribution in [0.3, 0.4) is 0 Å². The Morgan fingerprint density at radius 2 is 1.70 bits per heavy atom. The van der Waals surface area contributed by atoms with Gasteiger partial charge < -0.3 is 19.5 Å². The molecule has 0 saturated carbocycles. The van der Waals surface area contributed by atoms with Crippen molar-refractivity contribution in [1.29, 1.82) is 0 Å². The fourth-order valence-corrected chi connectivity index (χ4v) is 3.57. The SMILES string of the molecule is CCOc1ccccc1N(CC(=O)N[C@H](C)COc1ccc(OC)cc1)S(C)(=O)=O. The normalized spacial score (nSPS) is 12.0. The molecule has 0 aliphatic rings. The Balaban J connectivity index is 2.00. The second-order valence-corrected chi connectivity index (χ2v) is 8.53. The lowest BCUT2D eigenvalue weighted by atomic mass is 10.3. The largest absolute Gasteiger partial charge is 0.497 e. The molecule has 8 nitrogen and oxygen atoms in total. The van der Waals surface area contributed by atoms with Crippen molar-refractivity contribution in [2.45, 2.75) is 19.9 Å². The van der Waals surface area contributed by atoms with E-state index in [2.05, 4.69) is 5.32 Å². The van der Waals surface area contributed by atoms with E-state index in [0.717, 1.165) is 16.3 Å². The van der Waals surface area contributed by atoms with Crippen LogP contribution in [0.2, 0.25) is 0 Å². The number of carbonyl (C=O) groups excluding carboxylic acids is 1. The van der Waals surface area contributed by atoms with Gasteiger partial charge in [0.05, 0.1) is 31.7 Å². The van der Waals surface area contributed by atoms with Crippen molar-refractivity contribution in [3.63, 3.8) is 0 Å². The zero-order valence-corrected chi connectivity index (χ0v) is 18.4. The Hall–Kier alpha value is -2.94. The van der Waals surface area contributed by atoms with E-state index in [-0.39, 0.29) is 19.2 Å². The Labute approximate surface area is 177 Å². The van der Waals surface area contributed by atoms with E-state index in [0.29, 0.717) is 23.8 Å². The van der Waals surface area contributed by atoms with Crippen molar-refractivity contribution in [2.75, 3.05) is 37.4 Å². The quantitative estimate of drug-likeness (QED) is 0.582. The van der Waals surface area contributed by atoms with Crippen molar-refractivity contribution < 1.29 is 27.4 Å². The maximum absolute atomic E-state index is 12.5. The molecule has 9 heteroatoms. The molecule has 164 valence electrons. The molecule has 0 fully saturated rings. The van der Waals surface area contributed by atoms with Crippen LogP contribution in [0.1, 0.15) is 13.8 Å². The van der Waals surface area contributed by atoms with Gasteiger partial charge in [-0.15, -0.1) is 0 Å². The molecule has 0 saturated heterocycles. The number of para-hydroxylation sites is 2. The molecule has 0 aliphatic carbocycles. The number of nitrogens with one attached hydrogen (secondary N) is 1. The molecule has 2 rings (SSSR count). The number of carbonyl (C=O) groups is 1. The number of amides is 1. The lowest BCUT2D eigenvalue weighted by Crippen LogP contribution is -2.45. The number of sulfonamides is 1. The molecule has 2 aromatic rings. The summed E-state index contributed by atoms with van der Waals surface area (Å²) >= 11 is 0. The van der Waals surface area contributed by atoms with Crippen molar-refractivity contribution in [3.05, 3.63) is 48.5 Å². The van der Waals surface area contributed by atoms with Gasteiger partial charge in [-0.05, 0) is 50.2 Å². The number of benzene rings is 2. The Kier molecular flexibility index (Phi) is 8.35. The van der Waals surface area contributed by atoms with Crippen LogP contribution in [0.25, 0.3) is 0 Å². The maximum Gasteiger partial charge on any atom is 0.241 e. The smallest absolute Gasteiger partial charge is 0.241 e. The van der Waals surface area contributed by atoms with Gasteiger partial charge in [-0.2, -0.15) is 0 Å². The van der Waals surface area contributed by atoms with Gasteiger partial charge in [0.25, 0.3) is 0 Å². The highest BCUT2D eigenvalue weighted by Crippen LogP contribution is 2.29. The molecule has 2 aromatic carbocycles. The average Bonchev–Trinajstić information content (AvgIpc) is 2.71. The first-order valence-electron chi connectivity index (χ1n) is 9.50. The summed E-state index contributed by atoms with van der Waals surface area (Å²) in [4.78, 5) is 12.5. The number of methoxy groups -OCH3 is 1. The third-order valence-electron chi connectivity index (χ3n) is 4.09. The van der Waals surface area contributed by atoms with Gasteiger partial charge in [-0.25, -0.2) is 8.42 Å². The summed E-state index contributed by atoms with van der Waals surface area (Å²) in [5.74, 6) is 1.31. The van der Waals surface area contributed by atoms with E-state index in [4.69, 9.17) is 14.2 Å². The van der Waals surface area contributed by atoms with Gasteiger partial charge in [0, 0.05) is 0 Å². The molecule has 0 bridgehead atoms. The predicted molar refractivity (Wildman–Crippen MR) is 116 cm³/mol. The van der Waals surface area contributed by atoms with Crippen molar-refractivity contribution >= 4 is 21.6 Å². The fourth-order valence-electron chi connectivity index (χ4n) is 2.71. The highest BCUT2D eigenvalue weighted by Gasteiger charge is 2.24. The lowest BCUT2D eigenvalue weighted by molar-refractivity contribution is -0.120.